The highest BCUT2D eigenvalue weighted by Gasteiger charge is 2.11. The normalized spacial score (nSPS) is 10.7. The molecule has 2 nitrogen and oxygen atoms in total. The zero-order valence-corrected chi connectivity index (χ0v) is 16.0. The summed E-state index contributed by atoms with van der Waals surface area (Å²) in [5.74, 6) is 0.537. The maximum absolute atomic E-state index is 9.52. The number of halogens is 1. The van der Waals surface area contributed by atoms with Gasteiger partial charge >= 0.3 is 0 Å². The van der Waals surface area contributed by atoms with Crippen LogP contribution in [0.1, 0.15) is 0 Å². The Morgan fingerprint density at radius 2 is 1.22 bits per heavy atom. The van der Waals surface area contributed by atoms with Crippen molar-refractivity contribution < 1.29 is 10.2 Å². The monoisotopic (exact) mass is 436 g/mol. The molecular weight excluding hydrogens is 418 g/mol. The van der Waals surface area contributed by atoms with Gasteiger partial charge in [-0.15, -0.1) is 24.0 Å². The zero-order chi connectivity index (χ0) is 15.5. The van der Waals surface area contributed by atoms with Crippen LogP contribution in [0.4, 0.5) is 0 Å². The Morgan fingerprint density at radius 3 is 1.74 bits per heavy atom. The molecular formula is C19H18IO2P. The number of hydrogen-bond acceptors (Lipinski definition) is 2. The molecule has 0 aliphatic rings. The third-order valence-corrected chi connectivity index (χ3v) is 4.62. The molecule has 23 heavy (non-hydrogen) atoms. The molecule has 3 aromatic carbocycles. The molecule has 0 amide bonds. The van der Waals surface area contributed by atoms with E-state index in [1.807, 2.05) is 24.3 Å². The summed E-state index contributed by atoms with van der Waals surface area (Å²) in [5.41, 5.74) is 4.48. The molecule has 0 bridgehead atoms. The van der Waals surface area contributed by atoms with E-state index in [0.29, 0.717) is 8.58 Å². The average Bonchev–Trinajstić information content (AvgIpc) is 2.56. The van der Waals surface area contributed by atoms with Crippen molar-refractivity contribution in [1.82, 2.24) is 0 Å². The SMILES string of the molecule is CPc1cccc(-c2ccc(O)cc2)c1-c1ccc(O)cc1.I. The van der Waals surface area contributed by atoms with Crippen molar-refractivity contribution in [3.63, 3.8) is 0 Å². The Hall–Kier alpha value is -1.58. The summed E-state index contributed by atoms with van der Waals surface area (Å²) in [5, 5.41) is 20.3. The highest BCUT2D eigenvalue weighted by atomic mass is 127. The van der Waals surface area contributed by atoms with Crippen LogP contribution in [0.2, 0.25) is 0 Å². The highest BCUT2D eigenvalue weighted by molar-refractivity contribution is 14.0. The van der Waals surface area contributed by atoms with Crippen LogP contribution in [0.25, 0.3) is 22.3 Å². The lowest BCUT2D eigenvalue weighted by Gasteiger charge is -2.15. The fourth-order valence-electron chi connectivity index (χ4n) is 2.58. The predicted molar refractivity (Wildman–Crippen MR) is 110 cm³/mol. The molecule has 0 aromatic heterocycles. The first-order valence-corrected chi connectivity index (χ1v) is 8.58. The van der Waals surface area contributed by atoms with Crippen LogP contribution in [-0.2, 0) is 0 Å². The predicted octanol–water partition coefficient (Wildman–Crippen LogP) is 4.98. The fourth-order valence-corrected chi connectivity index (χ4v) is 3.37. The number of rotatable bonds is 3. The number of hydrogen-bond donors (Lipinski definition) is 2. The van der Waals surface area contributed by atoms with Gasteiger partial charge in [-0.05, 0) is 58.5 Å². The summed E-state index contributed by atoms with van der Waals surface area (Å²) in [6, 6.07) is 20.9. The first kappa shape index (κ1) is 17.8. The zero-order valence-electron chi connectivity index (χ0n) is 12.7. The molecule has 0 aliphatic carbocycles. The first-order chi connectivity index (χ1) is 10.7. The highest BCUT2D eigenvalue weighted by Crippen LogP contribution is 2.34. The van der Waals surface area contributed by atoms with Crippen molar-refractivity contribution in [1.29, 1.82) is 0 Å². The quantitative estimate of drug-likeness (QED) is 0.449. The van der Waals surface area contributed by atoms with E-state index in [1.165, 1.54) is 10.9 Å². The molecule has 1 atom stereocenters. The number of phenols is 2. The van der Waals surface area contributed by atoms with Gasteiger partial charge < -0.3 is 10.2 Å². The van der Waals surface area contributed by atoms with E-state index in [1.54, 1.807) is 24.3 Å². The third kappa shape index (κ3) is 3.85. The second-order valence-corrected chi connectivity index (χ2v) is 6.11. The van der Waals surface area contributed by atoms with Crippen molar-refractivity contribution in [2.45, 2.75) is 0 Å². The Bertz CT molecular complexity index is 783. The molecule has 3 aromatic rings. The van der Waals surface area contributed by atoms with E-state index in [0.717, 1.165) is 16.7 Å². The Kier molecular flexibility index (Phi) is 6.03. The Labute approximate surface area is 155 Å². The van der Waals surface area contributed by atoms with Crippen LogP contribution in [0.3, 0.4) is 0 Å². The Morgan fingerprint density at radius 1 is 0.696 bits per heavy atom. The summed E-state index contributed by atoms with van der Waals surface area (Å²) in [4.78, 5) is 0. The number of benzene rings is 3. The molecule has 0 saturated heterocycles. The summed E-state index contributed by atoms with van der Waals surface area (Å²) in [6.45, 7) is 2.17. The van der Waals surface area contributed by atoms with Crippen molar-refractivity contribution >= 4 is 37.9 Å². The van der Waals surface area contributed by atoms with Crippen LogP contribution in [-0.4, -0.2) is 16.9 Å². The van der Waals surface area contributed by atoms with Crippen molar-refractivity contribution in [2.24, 2.45) is 0 Å². The molecule has 4 heteroatoms. The third-order valence-electron chi connectivity index (χ3n) is 3.67. The Balaban J connectivity index is 0.00000192. The van der Waals surface area contributed by atoms with Crippen molar-refractivity contribution in [2.75, 3.05) is 6.66 Å². The van der Waals surface area contributed by atoms with E-state index >= 15 is 0 Å². The largest absolute Gasteiger partial charge is 0.508 e. The van der Waals surface area contributed by atoms with E-state index in [-0.39, 0.29) is 35.5 Å². The van der Waals surface area contributed by atoms with Crippen LogP contribution >= 0.6 is 32.6 Å². The molecule has 0 spiro atoms. The van der Waals surface area contributed by atoms with Crippen molar-refractivity contribution in [3.8, 4) is 33.8 Å². The van der Waals surface area contributed by atoms with Gasteiger partial charge in [-0.2, -0.15) is 0 Å². The summed E-state index contributed by atoms with van der Waals surface area (Å²) >= 11 is 0. The fraction of sp³-hybridized carbons (Fsp3) is 0.0526. The molecule has 2 N–H and O–H groups in total. The van der Waals surface area contributed by atoms with Gasteiger partial charge in [0.05, 0.1) is 0 Å². The summed E-state index contributed by atoms with van der Waals surface area (Å²) in [7, 11) is 0.679. The van der Waals surface area contributed by atoms with E-state index in [9.17, 15) is 10.2 Å². The van der Waals surface area contributed by atoms with Gasteiger partial charge in [-0.1, -0.05) is 51.0 Å². The summed E-state index contributed by atoms with van der Waals surface area (Å²) < 4.78 is 0. The van der Waals surface area contributed by atoms with Gasteiger partial charge in [0.25, 0.3) is 0 Å². The lowest BCUT2D eigenvalue weighted by molar-refractivity contribution is 0.475. The molecule has 118 valence electrons. The smallest absolute Gasteiger partial charge is 0.115 e. The minimum atomic E-state index is 0. The van der Waals surface area contributed by atoms with Crippen molar-refractivity contribution in [3.05, 3.63) is 66.7 Å². The standard InChI is InChI=1S/C19H17O2P.HI/c1-22-18-4-2-3-17(13-5-9-15(20)10-6-13)19(18)14-7-11-16(21)12-8-14;/h2-12,20-22H,1H3;1H. The number of phenolic OH excluding ortho intramolecular Hbond substituents is 2. The molecule has 0 heterocycles. The second-order valence-electron chi connectivity index (χ2n) is 5.07. The molecule has 3 rings (SSSR count). The first-order valence-electron chi connectivity index (χ1n) is 7.08. The average molecular weight is 436 g/mol. The van der Waals surface area contributed by atoms with Gasteiger partial charge in [0, 0.05) is 0 Å². The second kappa shape index (κ2) is 7.80. The van der Waals surface area contributed by atoms with Crippen LogP contribution in [0.5, 0.6) is 11.5 Å². The van der Waals surface area contributed by atoms with Crippen LogP contribution in [0, 0.1) is 0 Å². The van der Waals surface area contributed by atoms with Gasteiger partial charge in [0.15, 0.2) is 0 Å². The van der Waals surface area contributed by atoms with Gasteiger partial charge in [-0.25, -0.2) is 0 Å². The lowest BCUT2D eigenvalue weighted by atomic mass is 9.94. The van der Waals surface area contributed by atoms with E-state index < -0.39 is 0 Å². The molecule has 0 radical (unpaired) electrons. The number of aromatic hydroxyl groups is 2. The summed E-state index contributed by atoms with van der Waals surface area (Å²) in [6.07, 6.45) is 0. The maximum Gasteiger partial charge on any atom is 0.115 e. The molecule has 0 fully saturated rings. The maximum atomic E-state index is 9.52. The van der Waals surface area contributed by atoms with Crippen LogP contribution < -0.4 is 5.30 Å². The van der Waals surface area contributed by atoms with E-state index in [2.05, 4.69) is 24.9 Å². The topological polar surface area (TPSA) is 40.5 Å². The van der Waals surface area contributed by atoms with Gasteiger partial charge in [-0.3, -0.25) is 0 Å². The molecule has 0 saturated carbocycles. The molecule has 1 unspecified atom stereocenters. The van der Waals surface area contributed by atoms with E-state index in [4.69, 9.17) is 0 Å². The minimum absolute atomic E-state index is 0. The lowest BCUT2D eigenvalue weighted by Crippen LogP contribution is -2.01. The van der Waals surface area contributed by atoms with Crippen LogP contribution in [0.15, 0.2) is 66.7 Å². The molecule has 0 aliphatic heterocycles. The van der Waals surface area contributed by atoms with Gasteiger partial charge in [0.1, 0.15) is 11.5 Å². The van der Waals surface area contributed by atoms with Gasteiger partial charge in [0.2, 0.25) is 0 Å². The minimum Gasteiger partial charge on any atom is -0.508 e.